The van der Waals surface area contributed by atoms with E-state index in [0.717, 1.165) is 5.56 Å². The van der Waals surface area contributed by atoms with Crippen LogP contribution in [0.4, 0.5) is 0 Å². The minimum absolute atomic E-state index is 0.221. The van der Waals surface area contributed by atoms with Crippen LogP contribution in [0.1, 0.15) is 21.1 Å². The number of thiazole rings is 1. The Morgan fingerprint density at radius 1 is 1.14 bits per heavy atom. The fraction of sp³-hybridized carbons (Fsp3) is 0.150. The second-order valence-electron chi connectivity index (χ2n) is 5.99. The fourth-order valence-electron chi connectivity index (χ4n) is 2.46. The van der Waals surface area contributed by atoms with Crippen LogP contribution in [0.3, 0.4) is 0 Å². The molecule has 3 rings (SSSR count). The lowest BCUT2D eigenvalue weighted by Crippen LogP contribution is -2.46. The first-order chi connectivity index (χ1) is 13.5. The van der Waals surface area contributed by atoms with Crippen molar-refractivity contribution in [1.82, 2.24) is 10.3 Å². The molecule has 1 aromatic heterocycles. The van der Waals surface area contributed by atoms with Crippen LogP contribution in [0.5, 0.6) is 5.75 Å². The Balaban J connectivity index is 1.59. The van der Waals surface area contributed by atoms with E-state index in [9.17, 15) is 9.59 Å². The molecule has 2 aromatic carbocycles. The van der Waals surface area contributed by atoms with Gasteiger partial charge in [0.05, 0.1) is 0 Å². The Morgan fingerprint density at radius 2 is 1.86 bits per heavy atom. The quantitative estimate of drug-likeness (QED) is 0.590. The zero-order chi connectivity index (χ0) is 19.9. The van der Waals surface area contributed by atoms with E-state index in [1.165, 1.54) is 11.3 Å². The first-order valence-electron chi connectivity index (χ1n) is 8.48. The average Bonchev–Trinajstić information content (AvgIpc) is 3.17. The normalized spacial score (nSPS) is 11.6. The molecule has 0 fully saturated rings. The van der Waals surface area contributed by atoms with Crippen molar-refractivity contribution in [2.75, 3.05) is 0 Å². The van der Waals surface area contributed by atoms with Gasteiger partial charge in [-0.05, 0) is 29.8 Å². The second-order valence-corrected chi connectivity index (χ2v) is 7.37. The highest BCUT2D eigenvalue weighted by molar-refractivity contribution is 7.09. The van der Waals surface area contributed by atoms with Crippen LogP contribution >= 0.6 is 22.9 Å². The largest absolute Gasteiger partial charge is 0.486 e. The topological polar surface area (TPSA) is 94.3 Å². The molecule has 0 radical (unpaired) electrons. The van der Waals surface area contributed by atoms with Gasteiger partial charge in [-0.2, -0.15) is 0 Å². The lowest BCUT2D eigenvalue weighted by molar-refractivity contribution is -0.119. The van der Waals surface area contributed by atoms with Crippen molar-refractivity contribution in [3.05, 3.63) is 81.3 Å². The maximum Gasteiger partial charge on any atom is 0.271 e. The molecule has 6 nitrogen and oxygen atoms in total. The summed E-state index contributed by atoms with van der Waals surface area (Å²) in [5, 5.41) is 5.53. The van der Waals surface area contributed by atoms with Crippen LogP contribution in [0.25, 0.3) is 0 Å². The number of amides is 2. The molecule has 3 aromatic rings. The molecule has 8 heteroatoms. The molecule has 3 N–H and O–H groups in total. The third-order valence-corrected chi connectivity index (χ3v) is 4.97. The van der Waals surface area contributed by atoms with Crippen molar-refractivity contribution >= 4 is 34.8 Å². The number of hydrogen-bond donors (Lipinski definition) is 2. The van der Waals surface area contributed by atoms with Gasteiger partial charge in [0.1, 0.15) is 29.1 Å². The Bertz CT molecular complexity index is 945. The number of hydrogen-bond acceptors (Lipinski definition) is 5. The minimum Gasteiger partial charge on any atom is -0.486 e. The number of ether oxygens (including phenoxy) is 1. The van der Waals surface area contributed by atoms with E-state index in [-0.39, 0.29) is 12.3 Å². The molecule has 0 aliphatic rings. The molecule has 2 amide bonds. The Kier molecular flexibility index (Phi) is 6.62. The lowest BCUT2D eigenvalue weighted by atomic mass is 10.1. The number of rotatable bonds is 8. The van der Waals surface area contributed by atoms with Crippen LogP contribution in [0.2, 0.25) is 5.02 Å². The van der Waals surface area contributed by atoms with Crippen molar-refractivity contribution in [2.24, 2.45) is 5.73 Å². The molecule has 0 saturated carbocycles. The standard InChI is InChI=1S/C20H18ClN3O3S/c21-14-6-8-15(9-7-14)27-11-18-23-17(12-28-18)20(26)24-16(19(22)25)10-13-4-2-1-3-5-13/h1-9,12,16H,10-11H2,(H2,22,25)(H,24,26). The number of benzene rings is 2. The van der Waals surface area contributed by atoms with E-state index in [0.29, 0.717) is 22.2 Å². The molecule has 144 valence electrons. The van der Waals surface area contributed by atoms with Gasteiger partial charge in [0.25, 0.3) is 5.91 Å². The van der Waals surface area contributed by atoms with Gasteiger partial charge in [-0.1, -0.05) is 41.9 Å². The van der Waals surface area contributed by atoms with Crippen molar-refractivity contribution < 1.29 is 14.3 Å². The number of primary amides is 1. The van der Waals surface area contributed by atoms with Crippen LogP contribution in [-0.2, 0) is 17.8 Å². The van der Waals surface area contributed by atoms with E-state index in [1.54, 1.807) is 29.6 Å². The first-order valence-corrected chi connectivity index (χ1v) is 9.74. The van der Waals surface area contributed by atoms with Crippen molar-refractivity contribution in [3.8, 4) is 5.75 Å². The molecule has 28 heavy (non-hydrogen) atoms. The van der Waals surface area contributed by atoms with Crippen LogP contribution in [0.15, 0.2) is 60.0 Å². The summed E-state index contributed by atoms with van der Waals surface area (Å²) in [5.41, 5.74) is 6.56. The third kappa shape index (κ3) is 5.55. The van der Waals surface area contributed by atoms with E-state index in [1.807, 2.05) is 30.3 Å². The molecule has 1 unspecified atom stereocenters. The molecular weight excluding hydrogens is 398 g/mol. The predicted octanol–water partition coefficient (Wildman–Crippen LogP) is 3.20. The van der Waals surface area contributed by atoms with Gasteiger partial charge in [0, 0.05) is 16.8 Å². The lowest BCUT2D eigenvalue weighted by Gasteiger charge is -2.14. The Labute approximate surface area is 171 Å². The summed E-state index contributed by atoms with van der Waals surface area (Å²) in [7, 11) is 0. The molecule has 0 spiro atoms. The van der Waals surface area contributed by atoms with Crippen molar-refractivity contribution in [2.45, 2.75) is 19.1 Å². The third-order valence-electron chi connectivity index (χ3n) is 3.89. The fourth-order valence-corrected chi connectivity index (χ4v) is 3.27. The van der Waals surface area contributed by atoms with Crippen molar-refractivity contribution in [3.63, 3.8) is 0 Å². The van der Waals surface area contributed by atoms with Crippen LogP contribution in [0, 0.1) is 0 Å². The molecule has 1 atom stereocenters. The Morgan fingerprint density at radius 3 is 2.54 bits per heavy atom. The summed E-state index contributed by atoms with van der Waals surface area (Å²) in [4.78, 5) is 28.4. The monoisotopic (exact) mass is 415 g/mol. The molecular formula is C20H18ClN3O3S. The molecule has 0 aliphatic carbocycles. The molecule has 0 aliphatic heterocycles. The summed E-state index contributed by atoms with van der Waals surface area (Å²) in [6.45, 7) is 0.225. The zero-order valence-corrected chi connectivity index (χ0v) is 16.4. The molecule has 0 bridgehead atoms. The van der Waals surface area contributed by atoms with Gasteiger partial charge in [0.15, 0.2) is 0 Å². The zero-order valence-electron chi connectivity index (χ0n) is 14.8. The Hall–Kier alpha value is -2.90. The molecule has 1 heterocycles. The number of halogens is 1. The van der Waals surface area contributed by atoms with Crippen LogP contribution in [-0.4, -0.2) is 22.8 Å². The van der Waals surface area contributed by atoms with Gasteiger partial charge in [-0.25, -0.2) is 4.98 Å². The van der Waals surface area contributed by atoms with Gasteiger partial charge in [0.2, 0.25) is 5.91 Å². The number of carbonyl (C=O) groups is 2. The summed E-state index contributed by atoms with van der Waals surface area (Å²) in [6.07, 6.45) is 0.318. The van der Waals surface area contributed by atoms with E-state index < -0.39 is 17.9 Å². The van der Waals surface area contributed by atoms with Crippen molar-refractivity contribution in [1.29, 1.82) is 0 Å². The van der Waals surface area contributed by atoms with Gasteiger partial charge in [-0.15, -0.1) is 11.3 Å². The van der Waals surface area contributed by atoms with E-state index in [2.05, 4.69) is 10.3 Å². The molecule has 0 saturated heterocycles. The average molecular weight is 416 g/mol. The number of carbonyl (C=O) groups excluding carboxylic acids is 2. The smallest absolute Gasteiger partial charge is 0.271 e. The van der Waals surface area contributed by atoms with Gasteiger partial charge < -0.3 is 15.8 Å². The summed E-state index contributed by atoms with van der Waals surface area (Å²) in [6, 6.07) is 15.5. The highest BCUT2D eigenvalue weighted by Gasteiger charge is 2.21. The predicted molar refractivity (Wildman–Crippen MR) is 108 cm³/mol. The number of aromatic nitrogens is 1. The highest BCUT2D eigenvalue weighted by Crippen LogP contribution is 2.18. The van der Waals surface area contributed by atoms with Crippen LogP contribution < -0.4 is 15.8 Å². The first kappa shape index (κ1) is 19.9. The van der Waals surface area contributed by atoms with Gasteiger partial charge in [-0.3, -0.25) is 9.59 Å². The minimum atomic E-state index is -0.814. The SMILES string of the molecule is NC(=O)C(Cc1ccccc1)NC(=O)c1csc(COc2ccc(Cl)cc2)n1. The number of nitrogens with one attached hydrogen (secondary N) is 1. The summed E-state index contributed by atoms with van der Waals surface area (Å²) >= 11 is 7.14. The maximum absolute atomic E-state index is 12.4. The second kappa shape index (κ2) is 9.34. The number of nitrogens with zero attached hydrogens (tertiary/aromatic N) is 1. The summed E-state index contributed by atoms with van der Waals surface area (Å²) in [5.74, 6) is -0.394. The maximum atomic E-state index is 12.4. The van der Waals surface area contributed by atoms with Gasteiger partial charge >= 0.3 is 0 Å². The van der Waals surface area contributed by atoms with E-state index >= 15 is 0 Å². The number of nitrogens with two attached hydrogens (primary N) is 1. The summed E-state index contributed by atoms with van der Waals surface area (Å²) < 4.78 is 5.62. The highest BCUT2D eigenvalue weighted by atomic mass is 35.5. The van der Waals surface area contributed by atoms with E-state index in [4.69, 9.17) is 22.1 Å².